The predicted octanol–water partition coefficient (Wildman–Crippen LogP) is 4.18. The number of hydrogen-bond donors (Lipinski definition) is 1. The van der Waals surface area contributed by atoms with Gasteiger partial charge in [-0.25, -0.2) is 4.39 Å². The van der Waals surface area contributed by atoms with Gasteiger partial charge in [0.2, 0.25) is 0 Å². The highest BCUT2D eigenvalue weighted by molar-refractivity contribution is 6.30. The molecular weight excluding hydrogens is 333 g/mol. The molecule has 3 rings (SSSR count). The molecule has 1 aliphatic heterocycles. The first-order chi connectivity index (χ1) is 11.4. The maximum Gasteiger partial charge on any atom is 0.294 e. The van der Waals surface area contributed by atoms with Crippen molar-refractivity contribution in [2.45, 2.75) is 45.1 Å². The molecule has 1 aromatic rings. The van der Waals surface area contributed by atoms with E-state index in [1.54, 1.807) is 0 Å². The minimum atomic E-state index is -0.725. The fourth-order valence-corrected chi connectivity index (χ4v) is 3.99. The average molecular weight is 352 g/mol. The highest BCUT2D eigenvalue weighted by atomic mass is 35.5. The van der Waals surface area contributed by atoms with E-state index < -0.39 is 23.5 Å². The third kappa shape index (κ3) is 2.81. The zero-order valence-corrected chi connectivity index (χ0v) is 14.1. The van der Waals surface area contributed by atoms with Crippen molar-refractivity contribution in [2.75, 3.05) is 4.90 Å². The lowest BCUT2D eigenvalue weighted by molar-refractivity contribution is -0.117. The molecule has 0 unspecified atom stereocenters. The summed E-state index contributed by atoms with van der Waals surface area (Å²) in [6.07, 6.45) is 4.79. The van der Waals surface area contributed by atoms with Crippen LogP contribution in [0.4, 0.5) is 10.1 Å². The maximum absolute atomic E-state index is 14.4. The number of aliphatic hydroxyl groups excluding tert-OH is 1. The molecule has 0 aromatic heterocycles. The van der Waals surface area contributed by atoms with E-state index in [1.807, 2.05) is 0 Å². The molecule has 6 heteroatoms. The Bertz CT molecular complexity index is 725. The van der Waals surface area contributed by atoms with Gasteiger partial charge in [0.1, 0.15) is 5.82 Å². The molecule has 1 heterocycles. The molecule has 4 nitrogen and oxygen atoms in total. The van der Waals surface area contributed by atoms with E-state index in [-0.39, 0.29) is 28.0 Å². The second-order valence-corrected chi connectivity index (χ2v) is 6.87. The second kappa shape index (κ2) is 6.55. The number of benzene rings is 1. The maximum atomic E-state index is 14.4. The molecule has 1 saturated carbocycles. The van der Waals surface area contributed by atoms with Crippen molar-refractivity contribution >= 4 is 29.0 Å². The fraction of sp³-hybridized carbons (Fsp3) is 0.444. The Morgan fingerprint density at radius 1 is 1.29 bits per heavy atom. The number of rotatable bonds is 3. The van der Waals surface area contributed by atoms with Crippen molar-refractivity contribution in [2.24, 2.45) is 5.92 Å². The molecule has 2 aliphatic rings. The van der Waals surface area contributed by atoms with E-state index in [1.165, 1.54) is 24.0 Å². The molecule has 0 spiro atoms. The predicted molar refractivity (Wildman–Crippen MR) is 89.6 cm³/mol. The fourth-order valence-electron chi connectivity index (χ4n) is 3.83. The SMILES string of the molecule is CC(=O)C1=C(O)C(=O)N(c2ccc(Cl)cc2F)[C@H]1C1CCCCC1. The average Bonchev–Trinajstić information content (AvgIpc) is 2.81. The van der Waals surface area contributed by atoms with Crippen molar-refractivity contribution in [3.63, 3.8) is 0 Å². The molecule has 1 amide bonds. The first-order valence-corrected chi connectivity index (χ1v) is 8.52. The van der Waals surface area contributed by atoms with Crippen molar-refractivity contribution in [1.29, 1.82) is 0 Å². The summed E-state index contributed by atoms with van der Waals surface area (Å²) in [4.78, 5) is 25.9. The molecular formula is C18H19ClFNO3. The number of amides is 1. The Labute approximate surface area is 144 Å². The van der Waals surface area contributed by atoms with Crippen molar-refractivity contribution < 1.29 is 19.1 Å². The summed E-state index contributed by atoms with van der Waals surface area (Å²) in [7, 11) is 0. The van der Waals surface area contributed by atoms with Gasteiger partial charge in [-0.3, -0.25) is 14.5 Å². The number of anilines is 1. The summed E-state index contributed by atoms with van der Waals surface area (Å²) in [6, 6.07) is 3.42. The van der Waals surface area contributed by atoms with Gasteiger partial charge in [0, 0.05) is 5.02 Å². The lowest BCUT2D eigenvalue weighted by Crippen LogP contribution is -2.43. The van der Waals surface area contributed by atoms with Gasteiger partial charge in [-0.2, -0.15) is 0 Å². The monoisotopic (exact) mass is 351 g/mol. The number of carbonyl (C=O) groups is 2. The molecule has 1 fully saturated rings. The Kier molecular flexibility index (Phi) is 4.63. The quantitative estimate of drug-likeness (QED) is 0.888. The van der Waals surface area contributed by atoms with Crippen molar-refractivity contribution in [3.8, 4) is 0 Å². The van der Waals surface area contributed by atoms with Crippen LogP contribution in [-0.4, -0.2) is 22.8 Å². The van der Waals surface area contributed by atoms with Gasteiger partial charge in [0.25, 0.3) is 5.91 Å². The van der Waals surface area contributed by atoms with E-state index in [0.717, 1.165) is 38.2 Å². The molecule has 1 aliphatic carbocycles. The van der Waals surface area contributed by atoms with E-state index in [0.29, 0.717) is 0 Å². The summed E-state index contributed by atoms with van der Waals surface area (Å²) in [5, 5.41) is 10.4. The molecule has 0 saturated heterocycles. The zero-order valence-electron chi connectivity index (χ0n) is 13.4. The number of Topliss-reactive ketones (excluding diaryl/α,β-unsaturated/α-hetero) is 1. The summed E-state index contributed by atoms with van der Waals surface area (Å²) >= 11 is 5.80. The van der Waals surface area contributed by atoms with Crippen LogP contribution in [0.1, 0.15) is 39.0 Å². The van der Waals surface area contributed by atoms with Gasteiger partial charge in [0.05, 0.1) is 17.3 Å². The standard InChI is InChI=1S/C18H19ClFNO3/c1-10(22)15-16(11-5-3-2-4-6-11)21(18(24)17(15)23)14-8-7-12(19)9-13(14)20/h7-9,11,16,23H,2-6H2,1H3/t16-/m0/s1. The van der Waals surface area contributed by atoms with Gasteiger partial charge in [-0.05, 0) is 43.9 Å². The molecule has 24 heavy (non-hydrogen) atoms. The molecule has 1 N–H and O–H groups in total. The number of nitrogens with zero attached hydrogens (tertiary/aromatic N) is 1. The highest BCUT2D eigenvalue weighted by Crippen LogP contribution is 2.41. The minimum absolute atomic E-state index is 0.0290. The summed E-state index contributed by atoms with van der Waals surface area (Å²) in [5.41, 5.74) is 0.143. The highest BCUT2D eigenvalue weighted by Gasteiger charge is 2.46. The third-order valence-corrected chi connectivity index (χ3v) is 5.13. The van der Waals surface area contributed by atoms with Gasteiger partial charge in [0.15, 0.2) is 11.5 Å². The van der Waals surface area contributed by atoms with Crippen LogP contribution in [0.2, 0.25) is 5.02 Å². The lowest BCUT2D eigenvalue weighted by Gasteiger charge is -2.35. The molecule has 0 radical (unpaired) electrons. The first-order valence-electron chi connectivity index (χ1n) is 8.14. The summed E-state index contributed by atoms with van der Waals surface area (Å²) < 4.78 is 14.4. The number of ketones is 1. The van der Waals surface area contributed by atoms with Crippen molar-refractivity contribution in [1.82, 2.24) is 0 Å². The number of aliphatic hydroxyl groups is 1. The van der Waals surface area contributed by atoms with Crippen LogP contribution in [0, 0.1) is 11.7 Å². The minimum Gasteiger partial charge on any atom is -0.503 e. The van der Waals surface area contributed by atoms with Gasteiger partial charge >= 0.3 is 0 Å². The lowest BCUT2D eigenvalue weighted by atomic mass is 9.80. The molecule has 0 bridgehead atoms. The smallest absolute Gasteiger partial charge is 0.294 e. The largest absolute Gasteiger partial charge is 0.503 e. The number of halogens is 2. The third-order valence-electron chi connectivity index (χ3n) is 4.90. The van der Waals surface area contributed by atoms with Crippen LogP contribution in [-0.2, 0) is 9.59 Å². The summed E-state index contributed by atoms with van der Waals surface area (Å²) in [5.74, 6) is -2.26. The van der Waals surface area contributed by atoms with Crippen LogP contribution in [0.5, 0.6) is 0 Å². The normalized spacial score (nSPS) is 22.4. The molecule has 128 valence electrons. The van der Waals surface area contributed by atoms with Crippen molar-refractivity contribution in [3.05, 3.63) is 40.4 Å². The van der Waals surface area contributed by atoms with Gasteiger partial charge in [-0.1, -0.05) is 30.9 Å². The molecule has 1 atom stereocenters. The second-order valence-electron chi connectivity index (χ2n) is 6.43. The Morgan fingerprint density at radius 3 is 2.54 bits per heavy atom. The van der Waals surface area contributed by atoms with Gasteiger partial charge in [-0.15, -0.1) is 0 Å². The topological polar surface area (TPSA) is 57.6 Å². The van der Waals surface area contributed by atoms with Crippen LogP contribution in [0.3, 0.4) is 0 Å². The zero-order chi connectivity index (χ0) is 17.4. The number of carbonyl (C=O) groups excluding carboxylic acids is 2. The number of hydrogen-bond acceptors (Lipinski definition) is 3. The van der Waals surface area contributed by atoms with Crippen LogP contribution in [0.15, 0.2) is 29.5 Å². The summed E-state index contributed by atoms with van der Waals surface area (Å²) in [6.45, 7) is 1.33. The van der Waals surface area contributed by atoms with E-state index in [2.05, 4.69) is 0 Å². The van der Waals surface area contributed by atoms with E-state index in [4.69, 9.17) is 11.6 Å². The Balaban J connectivity index is 2.09. The van der Waals surface area contributed by atoms with Gasteiger partial charge < -0.3 is 5.11 Å². The van der Waals surface area contributed by atoms with Crippen LogP contribution < -0.4 is 4.90 Å². The molecule has 1 aromatic carbocycles. The Hall–Kier alpha value is -1.88. The van der Waals surface area contributed by atoms with E-state index >= 15 is 0 Å². The van der Waals surface area contributed by atoms with Crippen LogP contribution >= 0.6 is 11.6 Å². The first kappa shape index (κ1) is 17.0. The van der Waals surface area contributed by atoms with E-state index in [9.17, 15) is 19.1 Å². The Morgan fingerprint density at radius 2 is 1.96 bits per heavy atom. The van der Waals surface area contributed by atoms with Crippen LogP contribution in [0.25, 0.3) is 0 Å².